The first kappa shape index (κ1) is 14.6. The molecule has 0 aromatic heterocycles. The van der Waals surface area contributed by atoms with Gasteiger partial charge in [0.05, 0.1) is 5.56 Å². The summed E-state index contributed by atoms with van der Waals surface area (Å²) in [7, 11) is 0. The number of nitrogens with one attached hydrogen (secondary N) is 1. The Morgan fingerprint density at radius 3 is 2.48 bits per heavy atom. The molecule has 0 heterocycles. The quantitative estimate of drug-likeness (QED) is 0.579. The highest BCUT2D eigenvalue weighted by Gasteiger charge is 2.20. The number of aliphatic carboxylic acids is 1. The molecule has 1 atom stereocenters. The summed E-state index contributed by atoms with van der Waals surface area (Å²) in [4.78, 5) is 23.3. The molecule has 0 radical (unpaired) electrons. The zero-order valence-electron chi connectivity index (χ0n) is 11.4. The number of hydrogen-bond donors (Lipinski definition) is 3. The van der Waals surface area contributed by atoms with Gasteiger partial charge in [0.2, 0.25) is 0 Å². The molecule has 2 aromatic carbocycles. The predicted octanol–water partition coefficient (Wildman–Crippen LogP) is 2.18. The second-order valence-electron chi connectivity index (χ2n) is 4.68. The van der Waals surface area contributed by atoms with E-state index in [1.165, 1.54) is 6.08 Å². The van der Waals surface area contributed by atoms with Crippen molar-refractivity contribution in [3.63, 3.8) is 0 Å². The molecule has 0 spiro atoms. The second kappa shape index (κ2) is 6.09. The van der Waals surface area contributed by atoms with Crippen LogP contribution >= 0.6 is 0 Å². The van der Waals surface area contributed by atoms with Crippen molar-refractivity contribution in [1.82, 2.24) is 5.32 Å². The summed E-state index contributed by atoms with van der Waals surface area (Å²) in [5.74, 6) is -1.62. The summed E-state index contributed by atoms with van der Waals surface area (Å²) < 4.78 is 0. The van der Waals surface area contributed by atoms with Gasteiger partial charge in [0.1, 0.15) is 6.04 Å². The van der Waals surface area contributed by atoms with Crippen molar-refractivity contribution in [3.05, 3.63) is 54.6 Å². The van der Waals surface area contributed by atoms with Crippen molar-refractivity contribution in [2.45, 2.75) is 12.5 Å². The molecule has 108 valence electrons. The topological polar surface area (TPSA) is 92.4 Å². The van der Waals surface area contributed by atoms with E-state index < -0.39 is 17.9 Å². The van der Waals surface area contributed by atoms with Crippen LogP contribution in [0.4, 0.5) is 5.69 Å². The predicted molar refractivity (Wildman–Crippen MR) is 82.1 cm³/mol. The second-order valence-corrected chi connectivity index (χ2v) is 4.68. The molecule has 4 N–H and O–H groups in total. The molecule has 0 aliphatic rings. The molecule has 0 bridgehead atoms. The van der Waals surface area contributed by atoms with Gasteiger partial charge in [-0.25, -0.2) is 4.79 Å². The third-order valence-electron chi connectivity index (χ3n) is 3.17. The summed E-state index contributed by atoms with van der Waals surface area (Å²) in [5.41, 5.74) is 6.47. The van der Waals surface area contributed by atoms with Crippen LogP contribution in [-0.4, -0.2) is 23.0 Å². The van der Waals surface area contributed by atoms with Crippen LogP contribution in [0.15, 0.2) is 49.1 Å². The molecular formula is C16H16N2O3. The summed E-state index contributed by atoms with van der Waals surface area (Å²) in [6.07, 6.45) is 1.59. The Balaban J connectivity index is 2.32. The highest BCUT2D eigenvalue weighted by Crippen LogP contribution is 2.22. The summed E-state index contributed by atoms with van der Waals surface area (Å²) in [5, 5.41) is 13.3. The maximum Gasteiger partial charge on any atom is 0.326 e. The largest absolute Gasteiger partial charge is 0.480 e. The first-order valence-electron chi connectivity index (χ1n) is 6.45. The Bertz CT molecular complexity index is 710. The number of rotatable bonds is 5. The van der Waals surface area contributed by atoms with Crippen LogP contribution in [0.5, 0.6) is 0 Å². The van der Waals surface area contributed by atoms with Gasteiger partial charge in [-0.2, -0.15) is 0 Å². The van der Waals surface area contributed by atoms with E-state index in [-0.39, 0.29) is 12.0 Å². The molecule has 0 saturated carbocycles. The highest BCUT2D eigenvalue weighted by atomic mass is 16.4. The fraction of sp³-hybridized carbons (Fsp3) is 0.125. The van der Waals surface area contributed by atoms with Gasteiger partial charge in [-0.15, -0.1) is 6.58 Å². The van der Waals surface area contributed by atoms with Gasteiger partial charge in [0, 0.05) is 5.69 Å². The zero-order chi connectivity index (χ0) is 15.4. The van der Waals surface area contributed by atoms with Crippen LogP contribution < -0.4 is 11.1 Å². The molecule has 0 aliphatic heterocycles. The van der Waals surface area contributed by atoms with Crippen LogP contribution in [0.1, 0.15) is 16.8 Å². The molecule has 5 nitrogen and oxygen atoms in total. The lowest BCUT2D eigenvalue weighted by Gasteiger charge is -2.14. The molecule has 2 aromatic rings. The van der Waals surface area contributed by atoms with Crippen molar-refractivity contribution in [1.29, 1.82) is 0 Å². The van der Waals surface area contributed by atoms with Crippen LogP contribution in [0.25, 0.3) is 10.8 Å². The average Bonchev–Trinajstić information content (AvgIpc) is 2.45. The first-order chi connectivity index (χ1) is 10.0. The lowest BCUT2D eigenvalue weighted by atomic mass is 10.0. The van der Waals surface area contributed by atoms with E-state index in [9.17, 15) is 9.59 Å². The average molecular weight is 284 g/mol. The number of hydrogen-bond acceptors (Lipinski definition) is 3. The molecular weight excluding hydrogens is 268 g/mol. The third-order valence-corrected chi connectivity index (χ3v) is 3.17. The Hall–Kier alpha value is -2.82. The van der Waals surface area contributed by atoms with Crippen LogP contribution in [0.2, 0.25) is 0 Å². The summed E-state index contributed by atoms with van der Waals surface area (Å²) in [6.45, 7) is 3.48. The fourth-order valence-corrected chi connectivity index (χ4v) is 2.08. The minimum atomic E-state index is -1.11. The minimum absolute atomic E-state index is 0.147. The highest BCUT2D eigenvalue weighted by molar-refractivity contribution is 6.05. The number of carbonyl (C=O) groups excluding carboxylic acids is 1. The SMILES string of the molecule is C=CCC(NC(=O)c1cc2ccccc2cc1N)C(=O)O. The number of carboxylic acids is 1. The molecule has 0 aliphatic carbocycles. The van der Waals surface area contributed by atoms with E-state index in [2.05, 4.69) is 11.9 Å². The number of carbonyl (C=O) groups is 2. The Labute approximate surface area is 122 Å². The minimum Gasteiger partial charge on any atom is -0.480 e. The van der Waals surface area contributed by atoms with Gasteiger partial charge in [0.25, 0.3) is 5.91 Å². The van der Waals surface area contributed by atoms with Crippen molar-refractivity contribution in [2.75, 3.05) is 5.73 Å². The van der Waals surface area contributed by atoms with Crippen molar-refractivity contribution in [2.24, 2.45) is 0 Å². The van der Waals surface area contributed by atoms with Gasteiger partial charge in [-0.3, -0.25) is 4.79 Å². The number of carboxylic acid groups (broad SMARTS) is 1. The maximum atomic E-state index is 12.2. The molecule has 1 unspecified atom stereocenters. The molecule has 0 fully saturated rings. The Kier molecular flexibility index (Phi) is 4.23. The third kappa shape index (κ3) is 3.20. The smallest absolute Gasteiger partial charge is 0.326 e. The summed E-state index contributed by atoms with van der Waals surface area (Å²) in [6, 6.07) is 9.85. The molecule has 2 rings (SSSR count). The number of amides is 1. The molecule has 21 heavy (non-hydrogen) atoms. The molecule has 0 saturated heterocycles. The Morgan fingerprint density at radius 1 is 1.29 bits per heavy atom. The number of nitrogen functional groups attached to an aromatic ring is 1. The van der Waals surface area contributed by atoms with Gasteiger partial charge < -0.3 is 16.2 Å². The monoisotopic (exact) mass is 284 g/mol. The van der Waals surface area contributed by atoms with Crippen molar-refractivity contribution in [3.8, 4) is 0 Å². The van der Waals surface area contributed by atoms with Crippen LogP contribution in [0, 0.1) is 0 Å². The van der Waals surface area contributed by atoms with E-state index in [1.54, 1.807) is 12.1 Å². The van der Waals surface area contributed by atoms with E-state index in [0.29, 0.717) is 5.69 Å². The zero-order valence-corrected chi connectivity index (χ0v) is 11.4. The van der Waals surface area contributed by atoms with Gasteiger partial charge in [-0.1, -0.05) is 30.3 Å². The number of nitrogens with two attached hydrogens (primary N) is 1. The molecule has 1 amide bonds. The van der Waals surface area contributed by atoms with Crippen molar-refractivity contribution < 1.29 is 14.7 Å². The van der Waals surface area contributed by atoms with E-state index >= 15 is 0 Å². The van der Waals surface area contributed by atoms with E-state index in [1.807, 2.05) is 24.3 Å². The summed E-state index contributed by atoms with van der Waals surface area (Å²) >= 11 is 0. The normalized spacial score (nSPS) is 11.8. The van der Waals surface area contributed by atoms with Crippen LogP contribution in [-0.2, 0) is 4.79 Å². The van der Waals surface area contributed by atoms with Gasteiger partial charge >= 0.3 is 5.97 Å². The number of fused-ring (bicyclic) bond motifs is 1. The fourth-order valence-electron chi connectivity index (χ4n) is 2.08. The maximum absolute atomic E-state index is 12.2. The van der Waals surface area contributed by atoms with Crippen LogP contribution in [0.3, 0.4) is 0 Å². The first-order valence-corrected chi connectivity index (χ1v) is 6.45. The van der Waals surface area contributed by atoms with Gasteiger partial charge in [0.15, 0.2) is 0 Å². The van der Waals surface area contributed by atoms with E-state index in [0.717, 1.165) is 10.8 Å². The molecule has 5 heteroatoms. The standard InChI is InChI=1S/C16H16N2O3/c1-2-5-14(16(20)21)18-15(19)12-8-10-6-3-4-7-11(10)9-13(12)17/h2-4,6-9,14H,1,5,17H2,(H,18,19)(H,20,21). The number of benzene rings is 2. The lowest BCUT2D eigenvalue weighted by Crippen LogP contribution is -2.40. The Morgan fingerprint density at radius 2 is 1.90 bits per heavy atom. The van der Waals surface area contributed by atoms with Gasteiger partial charge in [-0.05, 0) is 29.3 Å². The number of anilines is 1. The van der Waals surface area contributed by atoms with E-state index in [4.69, 9.17) is 10.8 Å². The van der Waals surface area contributed by atoms with Crippen molar-refractivity contribution >= 4 is 28.3 Å². The lowest BCUT2D eigenvalue weighted by molar-refractivity contribution is -0.139.